The quantitative estimate of drug-likeness (QED) is 0.765. The van der Waals surface area contributed by atoms with Crippen molar-refractivity contribution in [2.75, 3.05) is 6.61 Å². The molecular weight excluding hydrogens is 278 g/mol. The van der Waals surface area contributed by atoms with E-state index < -0.39 is 5.54 Å². The van der Waals surface area contributed by atoms with Gasteiger partial charge in [-0.25, -0.2) is 4.79 Å². The van der Waals surface area contributed by atoms with Gasteiger partial charge >= 0.3 is 6.03 Å². The molecule has 1 aromatic heterocycles. The van der Waals surface area contributed by atoms with Gasteiger partial charge in [-0.2, -0.15) is 0 Å². The SMILES string of the molecule is CC(CCO)(NC(=O)NCc1ccccn1)c1ccccc1. The highest BCUT2D eigenvalue weighted by Gasteiger charge is 2.27. The predicted molar refractivity (Wildman–Crippen MR) is 85.1 cm³/mol. The molecule has 2 rings (SSSR count). The van der Waals surface area contributed by atoms with Crippen LogP contribution in [0.1, 0.15) is 24.6 Å². The summed E-state index contributed by atoms with van der Waals surface area (Å²) in [6.45, 7) is 2.25. The highest BCUT2D eigenvalue weighted by atomic mass is 16.3. The van der Waals surface area contributed by atoms with Crippen LogP contribution in [0.25, 0.3) is 0 Å². The molecule has 22 heavy (non-hydrogen) atoms. The molecular formula is C17H21N3O2. The summed E-state index contributed by atoms with van der Waals surface area (Å²) in [7, 11) is 0. The minimum absolute atomic E-state index is 0.00802. The molecule has 3 N–H and O–H groups in total. The van der Waals surface area contributed by atoms with E-state index in [2.05, 4.69) is 15.6 Å². The maximum absolute atomic E-state index is 12.1. The van der Waals surface area contributed by atoms with Crippen LogP contribution >= 0.6 is 0 Å². The van der Waals surface area contributed by atoms with Gasteiger partial charge in [-0.05, 0) is 31.0 Å². The van der Waals surface area contributed by atoms with Crippen LogP contribution in [0.5, 0.6) is 0 Å². The molecule has 1 atom stereocenters. The van der Waals surface area contributed by atoms with Crippen molar-refractivity contribution >= 4 is 6.03 Å². The lowest BCUT2D eigenvalue weighted by Gasteiger charge is -2.31. The Bertz CT molecular complexity index is 589. The monoisotopic (exact) mass is 299 g/mol. The topological polar surface area (TPSA) is 74.2 Å². The first-order chi connectivity index (χ1) is 10.6. The molecule has 2 amide bonds. The smallest absolute Gasteiger partial charge is 0.315 e. The summed E-state index contributed by atoms with van der Waals surface area (Å²) in [6.07, 6.45) is 2.13. The molecule has 0 aliphatic carbocycles. The number of aromatic nitrogens is 1. The van der Waals surface area contributed by atoms with Crippen LogP contribution in [0.2, 0.25) is 0 Å². The number of amides is 2. The van der Waals surface area contributed by atoms with Gasteiger partial charge in [0.2, 0.25) is 0 Å². The van der Waals surface area contributed by atoms with Gasteiger partial charge in [0.15, 0.2) is 0 Å². The van der Waals surface area contributed by atoms with Crippen molar-refractivity contribution in [1.82, 2.24) is 15.6 Å². The van der Waals surface area contributed by atoms with E-state index in [1.807, 2.05) is 55.5 Å². The number of rotatable bonds is 6. The molecule has 0 radical (unpaired) electrons. The van der Waals surface area contributed by atoms with E-state index in [-0.39, 0.29) is 12.6 Å². The van der Waals surface area contributed by atoms with E-state index in [1.54, 1.807) is 6.20 Å². The van der Waals surface area contributed by atoms with E-state index >= 15 is 0 Å². The van der Waals surface area contributed by atoms with E-state index in [9.17, 15) is 9.90 Å². The minimum Gasteiger partial charge on any atom is -0.396 e. The van der Waals surface area contributed by atoms with E-state index in [1.165, 1.54) is 0 Å². The average molecular weight is 299 g/mol. The van der Waals surface area contributed by atoms with Gasteiger partial charge in [0.25, 0.3) is 0 Å². The molecule has 5 nitrogen and oxygen atoms in total. The lowest BCUT2D eigenvalue weighted by Crippen LogP contribution is -2.48. The van der Waals surface area contributed by atoms with Crippen LogP contribution in [-0.4, -0.2) is 22.7 Å². The van der Waals surface area contributed by atoms with Gasteiger partial charge in [0.1, 0.15) is 0 Å². The molecule has 0 fully saturated rings. The molecule has 0 saturated heterocycles. The summed E-state index contributed by atoms with van der Waals surface area (Å²) in [6, 6.07) is 14.9. The molecule has 0 spiro atoms. The highest BCUT2D eigenvalue weighted by molar-refractivity contribution is 5.75. The van der Waals surface area contributed by atoms with Crippen molar-refractivity contribution in [3.05, 3.63) is 66.0 Å². The van der Waals surface area contributed by atoms with Gasteiger partial charge in [-0.3, -0.25) is 4.98 Å². The summed E-state index contributed by atoms with van der Waals surface area (Å²) < 4.78 is 0. The average Bonchev–Trinajstić information content (AvgIpc) is 2.55. The van der Waals surface area contributed by atoms with Crippen molar-refractivity contribution in [1.29, 1.82) is 0 Å². The standard InChI is InChI=1S/C17H21N3O2/c1-17(10-12-21,14-7-3-2-4-8-14)20-16(22)19-13-15-9-5-6-11-18-15/h2-9,11,21H,10,12-13H2,1H3,(H2,19,20,22). The normalized spacial score (nSPS) is 13.2. The van der Waals surface area contributed by atoms with E-state index in [0.717, 1.165) is 11.3 Å². The number of nitrogens with one attached hydrogen (secondary N) is 2. The second-order valence-corrected chi connectivity index (χ2v) is 5.30. The first-order valence-corrected chi connectivity index (χ1v) is 7.26. The zero-order valence-electron chi connectivity index (χ0n) is 12.6. The fourth-order valence-electron chi connectivity index (χ4n) is 2.28. The summed E-state index contributed by atoms with van der Waals surface area (Å²) in [5.74, 6) is 0. The van der Waals surface area contributed by atoms with Crippen molar-refractivity contribution in [2.45, 2.75) is 25.4 Å². The maximum atomic E-state index is 12.1. The maximum Gasteiger partial charge on any atom is 0.315 e. The van der Waals surface area contributed by atoms with Gasteiger partial charge < -0.3 is 15.7 Å². The number of carbonyl (C=O) groups excluding carboxylic acids is 1. The Morgan fingerprint density at radius 1 is 1.18 bits per heavy atom. The fraction of sp³-hybridized carbons (Fsp3) is 0.294. The van der Waals surface area contributed by atoms with E-state index in [0.29, 0.717) is 13.0 Å². The van der Waals surface area contributed by atoms with Crippen molar-refractivity contribution in [3.63, 3.8) is 0 Å². The van der Waals surface area contributed by atoms with Crippen molar-refractivity contribution < 1.29 is 9.90 Å². The zero-order chi connectivity index (χ0) is 15.8. The number of pyridine rings is 1. The predicted octanol–water partition coefficient (Wildman–Crippen LogP) is 2.18. The molecule has 0 aliphatic rings. The largest absolute Gasteiger partial charge is 0.396 e. The Hall–Kier alpha value is -2.40. The zero-order valence-corrected chi connectivity index (χ0v) is 12.6. The third-order valence-electron chi connectivity index (χ3n) is 3.57. The minimum atomic E-state index is -0.621. The molecule has 0 saturated carbocycles. The summed E-state index contributed by atoms with van der Waals surface area (Å²) >= 11 is 0. The summed E-state index contributed by atoms with van der Waals surface area (Å²) in [5, 5.41) is 15.0. The molecule has 5 heteroatoms. The van der Waals surface area contributed by atoms with Crippen LogP contribution in [0.4, 0.5) is 4.79 Å². The highest BCUT2D eigenvalue weighted by Crippen LogP contribution is 2.24. The number of aliphatic hydroxyl groups is 1. The number of benzene rings is 1. The van der Waals surface area contributed by atoms with Gasteiger partial charge in [-0.15, -0.1) is 0 Å². The summed E-state index contributed by atoms with van der Waals surface area (Å²) in [4.78, 5) is 16.3. The Balaban J connectivity index is 2.00. The van der Waals surface area contributed by atoms with Crippen LogP contribution < -0.4 is 10.6 Å². The van der Waals surface area contributed by atoms with Crippen LogP contribution in [0, 0.1) is 0 Å². The number of urea groups is 1. The van der Waals surface area contributed by atoms with Crippen molar-refractivity contribution in [2.24, 2.45) is 0 Å². The number of aliphatic hydroxyl groups excluding tert-OH is 1. The number of hydrogen-bond donors (Lipinski definition) is 3. The van der Waals surface area contributed by atoms with Crippen LogP contribution in [0.3, 0.4) is 0 Å². The molecule has 1 aromatic carbocycles. The van der Waals surface area contributed by atoms with Gasteiger partial charge in [-0.1, -0.05) is 36.4 Å². The first kappa shape index (κ1) is 16.0. The molecule has 0 bridgehead atoms. The molecule has 2 aromatic rings. The molecule has 0 aliphatic heterocycles. The lowest BCUT2D eigenvalue weighted by molar-refractivity contribution is 0.203. The molecule has 1 unspecified atom stereocenters. The van der Waals surface area contributed by atoms with E-state index in [4.69, 9.17) is 0 Å². The Morgan fingerprint density at radius 3 is 2.55 bits per heavy atom. The van der Waals surface area contributed by atoms with Crippen molar-refractivity contribution in [3.8, 4) is 0 Å². The van der Waals surface area contributed by atoms with Gasteiger partial charge in [0, 0.05) is 12.8 Å². The Kier molecular flexibility index (Phi) is 5.49. The number of nitrogens with zero attached hydrogens (tertiary/aromatic N) is 1. The fourth-order valence-corrected chi connectivity index (χ4v) is 2.28. The van der Waals surface area contributed by atoms with Crippen LogP contribution in [-0.2, 0) is 12.1 Å². The molecule has 1 heterocycles. The number of hydrogen-bond acceptors (Lipinski definition) is 3. The second-order valence-electron chi connectivity index (χ2n) is 5.30. The number of carbonyl (C=O) groups is 1. The first-order valence-electron chi connectivity index (χ1n) is 7.26. The Morgan fingerprint density at radius 2 is 1.91 bits per heavy atom. The van der Waals surface area contributed by atoms with Gasteiger partial charge in [0.05, 0.1) is 17.8 Å². The van der Waals surface area contributed by atoms with Crippen LogP contribution in [0.15, 0.2) is 54.7 Å². The molecule has 116 valence electrons. The second kappa shape index (κ2) is 7.56. The lowest BCUT2D eigenvalue weighted by atomic mass is 9.89. The third-order valence-corrected chi connectivity index (χ3v) is 3.57. The summed E-state index contributed by atoms with van der Waals surface area (Å²) in [5.41, 5.74) is 1.13. The third kappa shape index (κ3) is 4.30. The Labute approximate surface area is 130 Å².